The number of carbonyl (C=O) groups is 2. The van der Waals surface area contributed by atoms with Crippen LogP contribution in [0.1, 0.15) is 6.42 Å². The number of amides is 2. The minimum absolute atomic E-state index is 0.00901. The van der Waals surface area contributed by atoms with Crippen molar-refractivity contribution in [1.82, 2.24) is 9.80 Å². The largest absolute Gasteiger partial charge is 0.484 e. The second kappa shape index (κ2) is 9.62. The fourth-order valence-corrected chi connectivity index (χ4v) is 2.92. The summed E-state index contributed by atoms with van der Waals surface area (Å²) in [5.41, 5.74) is 0. The Kier molecular flexibility index (Phi) is 6.68. The van der Waals surface area contributed by atoms with E-state index in [1.165, 1.54) is 0 Å². The molecule has 1 fully saturated rings. The van der Waals surface area contributed by atoms with Gasteiger partial charge < -0.3 is 19.3 Å². The van der Waals surface area contributed by atoms with Crippen LogP contribution in [-0.2, 0) is 9.59 Å². The maximum Gasteiger partial charge on any atom is 0.260 e. The minimum atomic E-state index is -0.0614. The number of carbonyl (C=O) groups excluding carboxylic acids is 2. The first-order chi connectivity index (χ1) is 13.2. The molecule has 1 aliphatic heterocycles. The van der Waals surface area contributed by atoms with E-state index in [0.29, 0.717) is 37.7 Å². The summed E-state index contributed by atoms with van der Waals surface area (Å²) in [6.45, 7) is 2.28. The van der Waals surface area contributed by atoms with Crippen molar-refractivity contribution in [3.8, 4) is 11.5 Å². The van der Waals surface area contributed by atoms with Crippen molar-refractivity contribution in [1.29, 1.82) is 0 Å². The third-order valence-corrected chi connectivity index (χ3v) is 4.41. The van der Waals surface area contributed by atoms with E-state index in [1.807, 2.05) is 60.7 Å². The molecule has 0 spiro atoms. The average molecular weight is 368 g/mol. The lowest BCUT2D eigenvalue weighted by Gasteiger charge is -2.22. The third kappa shape index (κ3) is 5.74. The molecule has 0 N–H and O–H groups in total. The number of rotatable bonds is 6. The first-order valence-corrected chi connectivity index (χ1v) is 9.13. The molecule has 0 bridgehead atoms. The van der Waals surface area contributed by atoms with Gasteiger partial charge in [0, 0.05) is 26.2 Å². The first kappa shape index (κ1) is 18.8. The topological polar surface area (TPSA) is 59.1 Å². The highest BCUT2D eigenvalue weighted by atomic mass is 16.5. The fourth-order valence-electron chi connectivity index (χ4n) is 2.92. The Morgan fingerprint density at radius 1 is 0.667 bits per heavy atom. The van der Waals surface area contributed by atoms with Crippen molar-refractivity contribution < 1.29 is 19.1 Å². The van der Waals surface area contributed by atoms with Crippen LogP contribution in [0.25, 0.3) is 0 Å². The normalized spacial score (nSPS) is 14.4. The second-order valence-electron chi connectivity index (χ2n) is 6.32. The first-order valence-electron chi connectivity index (χ1n) is 9.13. The zero-order valence-electron chi connectivity index (χ0n) is 15.3. The van der Waals surface area contributed by atoms with Crippen LogP contribution in [0.15, 0.2) is 60.7 Å². The molecule has 1 heterocycles. The van der Waals surface area contributed by atoms with Gasteiger partial charge in [-0.2, -0.15) is 0 Å². The lowest BCUT2D eigenvalue weighted by atomic mass is 10.3. The van der Waals surface area contributed by atoms with Gasteiger partial charge in [0.15, 0.2) is 13.2 Å². The lowest BCUT2D eigenvalue weighted by Crippen LogP contribution is -2.40. The van der Waals surface area contributed by atoms with Gasteiger partial charge in [-0.3, -0.25) is 9.59 Å². The highest BCUT2D eigenvalue weighted by Crippen LogP contribution is 2.11. The number of para-hydroxylation sites is 2. The van der Waals surface area contributed by atoms with Crippen molar-refractivity contribution in [2.24, 2.45) is 0 Å². The van der Waals surface area contributed by atoms with Crippen molar-refractivity contribution in [3.05, 3.63) is 60.7 Å². The van der Waals surface area contributed by atoms with Gasteiger partial charge in [0.1, 0.15) is 11.5 Å². The third-order valence-electron chi connectivity index (χ3n) is 4.41. The molecule has 2 aromatic rings. The Balaban J connectivity index is 1.43. The van der Waals surface area contributed by atoms with Gasteiger partial charge in [0.05, 0.1) is 0 Å². The van der Waals surface area contributed by atoms with Crippen molar-refractivity contribution >= 4 is 11.8 Å². The molecule has 6 nitrogen and oxygen atoms in total. The summed E-state index contributed by atoms with van der Waals surface area (Å²) < 4.78 is 11.1. The smallest absolute Gasteiger partial charge is 0.260 e. The molecule has 6 heteroatoms. The van der Waals surface area contributed by atoms with Gasteiger partial charge in [-0.15, -0.1) is 0 Å². The molecular weight excluding hydrogens is 344 g/mol. The molecule has 27 heavy (non-hydrogen) atoms. The quantitative estimate of drug-likeness (QED) is 0.784. The number of hydrogen-bond donors (Lipinski definition) is 0. The standard InChI is InChI=1S/C21H24N2O4/c24-20(16-26-18-8-3-1-4-9-18)22-12-7-13-23(15-14-22)21(25)17-27-19-10-5-2-6-11-19/h1-6,8-11H,7,12-17H2. The van der Waals surface area contributed by atoms with Gasteiger partial charge in [-0.25, -0.2) is 0 Å². The molecule has 0 aromatic heterocycles. The van der Waals surface area contributed by atoms with Crippen LogP contribution in [0.4, 0.5) is 0 Å². The van der Waals surface area contributed by atoms with Crippen molar-refractivity contribution in [2.75, 3.05) is 39.4 Å². The van der Waals surface area contributed by atoms with Gasteiger partial charge in [-0.05, 0) is 30.7 Å². The van der Waals surface area contributed by atoms with E-state index in [9.17, 15) is 9.59 Å². The summed E-state index contributed by atoms with van der Waals surface area (Å²) >= 11 is 0. The predicted octanol–water partition coefficient (Wildman–Crippen LogP) is 2.21. The molecule has 1 saturated heterocycles. The molecule has 0 radical (unpaired) electrons. The molecule has 0 unspecified atom stereocenters. The SMILES string of the molecule is O=C(COc1ccccc1)N1CCCN(C(=O)COc2ccccc2)CC1. The lowest BCUT2D eigenvalue weighted by molar-refractivity contribution is -0.135. The van der Waals surface area contributed by atoms with Crippen LogP contribution >= 0.6 is 0 Å². The number of hydrogen-bond acceptors (Lipinski definition) is 4. The maximum atomic E-state index is 12.4. The Morgan fingerprint density at radius 2 is 1.07 bits per heavy atom. The van der Waals surface area contributed by atoms with Gasteiger partial charge in [0.25, 0.3) is 11.8 Å². The maximum absolute atomic E-state index is 12.4. The molecule has 3 rings (SSSR count). The van der Waals surface area contributed by atoms with Crippen molar-refractivity contribution in [3.63, 3.8) is 0 Å². The highest BCUT2D eigenvalue weighted by Gasteiger charge is 2.22. The fraction of sp³-hybridized carbons (Fsp3) is 0.333. The molecule has 2 amide bonds. The Bertz CT molecular complexity index is 673. The number of nitrogens with zero attached hydrogens (tertiary/aromatic N) is 2. The highest BCUT2D eigenvalue weighted by molar-refractivity contribution is 5.79. The molecule has 1 aliphatic rings. The molecule has 0 aliphatic carbocycles. The molecular formula is C21H24N2O4. The number of benzene rings is 2. The summed E-state index contributed by atoms with van der Waals surface area (Å²) in [5.74, 6) is 1.23. The van der Waals surface area contributed by atoms with Crippen LogP contribution in [0, 0.1) is 0 Å². The van der Waals surface area contributed by atoms with Gasteiger partial charge in [0.2, 0.25) is 0 Å². The number of ether oxygens (including phenoxy) is 2. The zero-order chi connectivity index (χ0) is 18.9. The van der Waals surface area contributed by atoms with Crippen LogP contribution in [0.2, 0.25) is 0 Å². The van der Waals surface area contributed by atoms with E-state index >= 15 is 0 Å². The summed E-state index contributed by atoms with van der Waals surface area (Å²) in [4.78, 5) is 28.3. The van der Waals surface area contributed by atoms with E-state index in [1.54, 1.807) is 9.80 Å². The minimum Gasteiger partial charge on any atom is -0.484 e. The molecule has 2 aromatic carbocycles. The van der Waals surface area contributed by atoms with E-state index in [0.717, 1.165) is 6.42 Å². The molecule has 0 saturated carbocycles. The average Bonchev–Trinajstić information content (AvgIpc) is 2.98. The molecule has 0 atom stereocenters. The molecule has 142 valence electrons. The van der Waals surface area contributed by atoms with E-state index < -0.39 is 0 Å². The summed E-state index contributed by atoms with van der Waals surface area (Å²) in [6, 6.07) is 18.6. The monoisotopic (exact) mass is 368 g/mol. The summed E-state index contributed by atoms with van der Waals surface area (Å²) in [7, 11) is 0. The van der Waals surface area contributed by atoms with Crippen LogP contribution in [0.5, 0.6) is 11.5 Å². The van der Waals surface area contributed by atoms with Crippen LogP contribution in [0.3, 0.4) is 0 Å². The van der Waals surface area contributed by atoms with Crippen LogP contribution < -0.4 is 9.47 Å². The van der Waals surface area contributed by atoms with Gasteiger partial charge in [-0.1, -0.05) is 36.4 Å². The van der Waals surface area contributed by atoms with Crippen molar-refractivity contribution in [2.45, 2.75) is 6.42 Å². The van der Waals surface area contributed by atoms with E-state index in [4.69, 9.17) is 9.47 Å². The Hall–Kier alpha value is -3.02. The summed E-state index contributed by atoms with van der Waals surface area (Å²) in [6.07, 6.45) is 0.744. The van der Waals surface area contributed by atoms with E-state index in [2.05, 4.69) is 0 Å². The van der Waals surface area contributed by atoms with Crippen LogP contribution in [-0.4, -0.2) is 61.0 Å². The predicted molar refractivity (Wildman–Crippen MR) is 102 cm³/mol. The second-order valence-corrected chi connectivity index (χ2v) is 6.32. The zero-order valence-corrected chi connectivity index (χ0v) is 15.3. The Morgan fingerprint density at radius 3 is 1.48 bits per heavy atom. The Labute approximate surface area is 159 Å². The van der Waals surface area contributed by atoms with E-state index in [-0.39, 0.29) is 25.0 Å². The van der Waals surface area contributed by atoms with Gasteiger partial charge >= 0.3 is 0 Å². The summed E-state index contributed by atoms with van der Waals surface area (Å²) in [5, 5.41) is 0.